The van der Waals surface area contributed by atoms with Crippen LogP contribution in [0, 0.1) is 0 Å². The van der Waals surface area contributed by atoms with Crippen molar-refractivity contribution in [3.05, 3.63) is 72.8 Å². The molecule has 0 aliphatic heterocycles. The number of hydrogen-bond acceptors (Lipinski definition) is 2. The molecule has 0 aromatic heterocycles. The van der Waals surface area contributed by atoms with E-state index in [1.54, 1.807) is 0 Å². The summed E-state index contributed by atoms with van der Waals surface area (Å²) >= 11 is 0. The molecule has 98 valence electrons. The van der Waals surface area contributed by atoms with Crippen LogP contribution in [0.25, 0.3) is 21.5 Å². The second-order valence-corrected chi connectivity index (χ2v) is 4.61. The highest BCUT2D eigenvalue weighted by Gasteiger charge is 2.08. The zero-order valence-electron chi connectivity index (χ0n) is 11.0. The summed E-state index contributed by atoms with van der Waals surface area (Å²) in [6, 6.07) is 18.4. The lowest BCUT2D eigenvalue weighted by molar-refractivity contribution is -0.138. The zero-order chi connectivity index (χ0) is 13.9. The lowest BCUT2D eigenvalue weighted by Gasteiger charge is -2.11. The van der Waals surface area contributed by atoms with E-state index in [9.17, 15) is 4.79 Å². The molecule has 0 unspecified atom stereocenters. The number of benzene rings is 3. The summed E-state index contributed by atoms with van der Waals surface area (Å²) in [7, 11) is 0. The number of fused-ring (bicyclic) bond motifs is 2. The molecule has 0 saturated heterocycles. The van der Waals surface area contributed by atoms with E-state index in [0.717, 1.165) is 27.1 Å². The van der Waals surface area contributed by atoms with Gasteiger partial charge in [-0.15, -0.1) is 0 Å². The molecule has 3 rings (SSSR count). The predicted molar refractivity (Wildman–Crippen MR) is 81.4 cm³/mol. The molecule has 0 saturated carbocycles. The molecular weight excluding hydrogens is 248 g/mol. The van der Waals surface area contributed by atoms with Crippen molar-refractivity contribution >= 4 is 27.5 Å². The number of esters is 1. The van der Waals surface area contributed by atoms with Crippen molar-refractivity contribution in [3.63, 3.8) is 0 Å². The third kappa shape index (κ3) is 2.16. The minimum atomic E-state index is -0.401. The van der Waals surface area contributed by atoms with Crippen LogP contribution in [0.5, 0.6) is 0 Å². The van der Waals surface area contributed by atoms with Crippen molar-refractivity contribution in [1.29, 1.82) is 0 Å². The molecule has 0 atom stereocenters. The highest BCUT2D eigenvalue weighted by atomic mass is 16.5. The quantitative estimate of drug-likeness (QED) is 0.401. The molecular formula is C18H14O2. The molecule has 0 radical (unpaired) electrons. The van der Waals surface area contributed by atoms with Crippen LogP contribution in [0.3, 0.4) is 0 Å². The van der Waals surface area contributed by atoms with Gasteiger partial charge in [-0.2, -0.15) is 0 Å². The Morgan fingerprint density at radius 1 is 1.00 bits per heavy atom. The molecule has 0 aliphatic carbocycles. The van der Waals surface area contributed by atoms with Crippen LogP contribution in [-0.4, -0.2) is 5.97 Å². The third-order valence-corrected chi connectivity index (χ3v) is 3.41. The van der Waals surface area contributed by atoms with Crippen LogP contribution in [-0.2, 0) is 16.1 Å². The fraction of sp³-hybridized carbons (Fsp3) is 0.0556. The molecule has 0 N–H and O–H groups in total. The minimum absolute atomic E-state index is 0.257. The smallest absolute Gasteiger partial charge is 0.330 e. The van der Waals surface area contributed by atoms with Gasteiger partial charge < -0.3 is 4.74 Å². The maximum absolute atomic E-state index is 11.3. The lowest BCUT2D eigenvalue weighted by atomic mass is 9.97. The number of carbonyl (C=O) groups is 1. The van der Waals surface area contributed by atoms with E-state index < -0.39 is 5.97 Å². The first-order chi connectivity index (χ1) is 9.79. The molecule has 0 aliphatic rings. The normalized spacial score (nSPS) is 10.6. The maximum atomic E-state index is 11.3. The van der Waals surface area contributed by atoms with Crippen LogP contribution in [0.4, 0.5) is 0 Å². The van der Waals surface area contributed by atoms with Crippen LogP contribution < -0.4 is 0 Å². The van der Waals surface area contributed by atoms with Crippen molar-refractivity contribution in [2.75, 3.05) is 0 Å². The van der Waals surface area contributed by atoms with Gasteiger partial charge in [0.25, 0.3) is 0 Å². The lowest BCUT2D eigenvalue weighted by Crippen LogP contribution is -2.01. The molecule has 0 bridgehead atoms. The Morgan fingerprint density at radius 3 is 2.10 bits per heavy atom. The molecule has 0 fully saturated rings. The predicted octanol–water partition coefficient (Wildman–Crippen LogP) is 4.22. The highest BCUT2D eigenvalue weighted by molar-refractivity contribution is 6.02. The van der Waals surface area contributed by atoms with E-state index in [4.69, 9.17) is 4.74 Å². The van der Waals surface area contributed by atoms with E-state index in [-0.39, 0.29) is 6.61 Å². The van der Waals surface area contributed by atoms with E-state index in [1.807, 2.05) is 24.3 Å². The first-order valence-corrected chi connectivity index (χ1v) is 6.48. The summed E-state index contributed by atoms with van der Waals surface area (Å²) in [6.45, 7) is 3.68. The van der Waals surface area contributed by atoms with Crippen LogP contribution in [0.2, 0.25) is 0 Å². The second kappa shape index (κ2) is 5.17. The molecule has 2 heteroatoms. The second-order valence-electron chi connectivity index (χ2n) is 4.61. The Hall–Kier alpha value is -2.61. The molecule has 3 aromatic carbocycles. The third-order valence-electron chi connectivity index (χ3n) is 3.41. The molecule has 3 aromatic rings. The average Bonchev–Trinajstić information content (AvgIpc) is 2.51. The fourth-order valence-electron chi connectivity index (χ4n) is 2.47. The Bertz CT molecular complexity index is 749. The number of rotatable bonds is 3. The Kier molecular flexibility index (Phi) is 3.21. The summed E-state index contributed by atoms with van der Waals surface area (Å²) in [6.07, 6.45) is 1.19. The van der Waals surface area contributed by atoms with Crippen molar-refractivity contribution in [2.24, 2.45) is 0 Å². The fourth-order valence-corrected chi connectivity index (χ4v) is 2.47. The standard InChI is InChI=1S/C18H14O2/c1-2-18(19)20-12-17-15-9-5-3-7-13(15)11-14-8-4-6-10-16(14)17/h2-11H,1,12H2. The van der Waals surface area contributed by atoms with Gasteiger partial charge in [0, 0.05) is 11.6 Å². The van der Waals surface area contributed by atoms with Crippen molar-refractivity contribution in [3.8, 4) is 0 Å². The molecule has 0 amide bonds. The highest BCUT2D eigenvalue weighted by Crippen LogP contribution is 2.28. The van der Waals surface area contributed by atoms with E-state index in [0.29, 0.717) is 0 Å². The van der Waals surface area contributed by atoms with E-state index >= 15 is 0 Å². The van der Waals surface area contributed by atoms with Gasteiger partial charge in [0.2, 0.25) is 0 Å². The molecule has 2 nitrogen and oxygen atoms in total. The van der Waals surface area contributed by atoms with Gasteiger partial charge in [0.1, 0.15) is 6.61 Å². The van der Waals surface area contributed by atoms with Gasteiger partial charge >= 0.3 is 5.97 Å². The maximum Gasteiger partial charge on any atom is 0.330 e. The summed E-state index contributed by atoms with van der Waals surface area (Å²) < 4.78 is 5.24. The Morgan fingerprint density at radius 2 is 1.55 bits per heavy atom. The summed E-state index contributed by atoms with van der Waals surface area (Å²) in [5.41, 5.74) is 1.04. The summed E-state index contributed by atoms with van der Waals surface area (Å²) in [5.74, 6) is -0.401. The molecule has 0 heterocycles. The van der Waals surface area contributed by atoms with Gasteiger partial charge in [-0.3, -0.25) is 0 Å². The van der Waals surface area contributed by atoms with Gasteiger partial charge in [0.15, 0.2) is 0 Å². The minimum Gasteiger partial charge on any atom is -0.458 e. The Balaban J connectivity index is 2.22. The Labute approximate surface area is 117 Å². The van der Waals surface area contributed by atoms with Gasteiger partial charge in [-0.25, -0.2) is 4.79 Å². The SMILES string of the molecule is C=CC(=O)OCc1c2ccccc2cc2ccccc12. The topological polar surface area (TPSA) is 26.3 Å². The van der Waals surface area contributed by atoms with Crippen molar-refractivity contribution in [2.45, 2.75) is 6.61 Å². The summed E-state index contributed by atoms with van der Waals surface area (Å²) in [5, 5.41) is 4.53. The molecule has 0 spiro atoms. The first-order valence-electron chi connectivity index (χ1n) is 6.48. The molecule has 20 heavy (non-hydrogen) atoms. The zero-order valence-corrected chi connectivity index (χ0v) is 11.0. The van der Waals surface area contributed by atoms with E-state index in [1.165, 1.54) is 6.08 Å². The van der Waals surface area contributed by atoms with Crippen LogP contribution >= 0.6 is 0 Å². The average molecular weight is 262 g/mol. The van der Waals surface area contributed by atoms with Gasteiger partial charge in [0.05, 0.1) is 0 Å². The monoisotopic (exact) mass is 262 g/mol. The first kappa shape index (κ1) is 12.4. The largest absolute Gasteiger partial charge is 0.458 e. The van der Waals surface area contributed by atoms with E-state index in [2.05, 4.69) is 36.9 Å². The van der Waals surface area contributed by atoms with Gasteiger partial charge in [-0.1, -0.05) is 55.1 Å². The van der Waals surface area contributed by atoms with Gasteiger partial charge in [-0.05, 0) is 27.6 Å². The van der Waals surface area contributed by atoms with Crippen molar-refractivity contribution < 1.29 is 9.53 Å². The van der Waals surface area contributed by atoms with Crippen LogP contribution in [0.1, 0.15) is 5.56 Å². The van der Waals surface area contributed by atoms with Crippen molar-refractivity contribution in [1.82, 2.24) is 0 Å². The number of ether oxygens (including phenoxy) is 1. The van der Waals surface area contributed by atoms with Crippen LogP contribution in [0.15, 0.2) is 67.3 Å². The number of hydrogen-bond donors (Lipinski definition) is 0. The number of carbonyl (C=O) groups excluding carboxylic acids is 1. The summed E-state index contributed by atoms with van der Waals surface area (Å²) in [4.78, 5) is 11.3.